The first kappa shape index (κ1) is 23.5. The van der Waals surface area contributed by atoms with Gasteiger partial charge in [0.2, 0.25) is 0 Å². The van der Waals surface area contributed by atoms with Gasteiger partial charge in [0.15, 0.2) is 0 Å². The number of nitrogens with one attached hydrogen (secondary N) is 1. The van der Waals surface area contributed by atoms with Crippen LogP contribution in [0.2, 0.25) is 5.02 Å². The Labute approximate surface area is 193 Å². The number of hydrogen-bond donors (Lipinski definition) is 1. The number of hydrazone groups is 1. The van der Waals surface area contributed by atoms with E-state index in [1.54, 1.807) is 44.2 Å². The minimum Gasteiger partial charge on any atom is -0.271 e. The number of sulfonamides is 1. The maximum absolute atomic E-state index is 13.5. The quantitative estimate of drug-likeness (QED) is 0.402. The lowest BCUT2D eigenvalue weighted by molar-refractivity contribution is -0.119. The van der Waals surface area contributed by atoms with Gasteiger partial charge in [-0.05, 0) is 62.2 Å². The summed E-state index contributed by atoms with van der Waals surface area (Å²) in [6.07, 6.45) is 0. The number of amides is 1. The minimum atomic E-state index is -4.01. The van der Waals surface area contributed by atoms with E-state index in [9.17, 15) is 13.2 Å². The monoisotopic (exact) mass is 469 g/mol. The van der Waals surface area contributed by atoms with Crippen LogP contribution < -0.4 is 9.73 Å². The third-order valence-electron chi connectivity index (χ3n) is 4.86. The van der Waals surface area contributed by atoms with Gasteiger partial charge in [-0.15, -0.1) is 0 Å². The van der Waals surface area contributed by atoms with Crippen LogP contribution in [0.4, 0.5) is 5.69 Å². The molecule has 0 aliphatic heterocycles. The van der Waals surface area contributed by atoms with E-state index in [2.05, 4.69) is 10.5 Å². The predicted octanol–water partition coefficient (Wildman–Crippen LogP) is 4.69. The van der Waals surface area contributed by atoms with Crippen LogP contribution in [0.25, 0.3) is 0 Å². The van der Waals surface area contributed by atoms with Crippen molar-refractivity contribution in [3.8, 4) is 0 Å². The molecule has 0 saturated heterocycles. The van der Waals surface area contributed by atoms with Gasteiger partial charge >= 0.3 is 0 Å². The summed E-state index contributed by atoms with van der Waals surface area (Å²) in [5, 5.41) is 4.60. The highest BCUT2D eigenvalue weighted by atomic mass is 35.5. The predicted molar refractivity (Wildman–Crippen MR) is 129 cm³/mol. The molecule has 3 aromatic rings. The highest BCUT2D eigenvalue weighted by Gasteiger charge is 2.28. The number of halogens is 1. The van der Waals surface area contributed by atoms with E-state index in [1.165, 1.54) is 12.1 Å². The lowest BCUT2D eigenvalue weighted by Crippen LogP contribution is -2.40. The van der Waals surface area contributed by atoms with Gasteiger partial charge in [0.05, 0.1) is 16.3 Å². The second kappa shape index (κ2) is 9.97. The molecule has 0 aliphatic rings. The number of rotatable bonds is 7. The van der Waals surface area contributed by atoms with E-state index in [-0.39, 0.29) is 4.90 Å². The van der Waals surface area contributed by atoms with Crippen LogP contribution in [-0.4, -0.2) is 26.6 Å². The van der Waals surface area contributed by atoms with Crippen LogP contribution in [0.5, 0.6) is 0 Å². The number of benzene rings is 3. The van der Waals surface area contributed by atoms with E-state index < -0.39 is 22.5 Å². The Hall–Kier alpha value is -3.16. The second-order valence-corrected chi connectivity index (χ2v) is 9.65. The summed E-state index contributed by atoms with van der Waals surface area (Å²) in [5.41, 5.74) is 5.85. The third kappa shape index (κ3) is 5.55. The molecule has 0 aliphatic carbocycles. The van der Waals surface area contributed by atoms with Crippen molar-refractivity contribution in [2.75, 3.05) is 10.8 Å². The average molecular weight is 470 g/mol. The van der Waals surface area contributed by atoms with Crippen LogP contribution in [0, 0.1) is 13.8 Å². The Morgan fingerprint density at radius 1 is 1.00 bits per heavy atom. The topological polar surface area (TPSA) is 78.8 Å². The summed E-state index contributed by atoms with van der Waals surface area (Å²) in [6.45, 7) is 4.94. The average Bonchev–Trinajstić information content (AvgIpc) is 2.77. The van der Waals surface area contributed by atoms with Crippen molar-refractivity contribution in [2.24, 2.45) is 5.10 Å². The Morgan fingerprint density at radius 3 is 2.28 bits per heavy atom. The molecule has 0 fully saturated rings. The fraction of sp³-hybridized carbons (Fsp3) is 0.167. The molecule has 0 unspecified atom stereocenters. The SMILES string of the molecule is C/C(=N\NC(=O)CN(c1ccc(Cl)cc1C)S(=O)(=O)c1ccc(C)cc1)c1ccccc1. The van der Waals surface area contributed by atoms with Crippen molar-refractivity contribution in [3.05, 3.63) is 94.5 Å². The molecule has 0 saturated carbocycles. The first-order chi connectivity index (χ1) is 15.2. The molecule has 0 aromatic heterocycles. The van der Waals surface area contributed by atoms with Gasteiger partial charge in [-0.1, -0.05) is 59.6 Å². The second-order valence-electron chi connectivity index (χ2n) is 7.35. The molecule has 1 N–H and O–H groups in total. The molecule has 6 nitrogen and oxygen atoms in total. The van der Waals surface area contributed by atoms with Crippen LogP contribution in [-0.2, 0) is 14.8 Å². The van der Waals surface area contributed by atoms with Crippen LogP contribution >= 0.6 is 11.6 Å². The third-order valence-corrected chi connectivity index (χ3v) is 6.87. The van der Waals surface area contributed by atoms with Crippen molar-refractivity contribution in [1.82, 2.24) is 5.43 Å². The van der Waals surface area contributed by atoms with E-state index in [0.29, 0.717) is 22.0 Å². The van der Waals surface area contributed by atoms with Crippen molar-refractivity contribution < 1.29 is 13.2 Å². The van der Waals surface area contributed by atoms with Crippen LogP contribution in [0.1, 0.15) is 23.6 Å². The number of carbonyl (C=O) groups excluding carboxylic acids is 1. The molecule has 0 radical (unpaired) electrons. The van der Waals surface area contributed by atoms with E-state index >= 15 is 0 Å². The summed E-state index contributed by atoms with van der Waals surface area (Å²) >= 11 is 6.05. The van der Waals surface area contributed by atoms with Crippen LogP contribution in [0.15, 0.2) is 82.8 Å². The molecular weight excluding hydrogens is 446 g/mol. The molecule has 0 atom stereocenters. The molecule has 166 valence electrons. The Kier molecular flexibility index (Phi) is 7.33. The van der Waals surface area contributed by atoms with Gasteiger partial charge in [0.1, 0.15) is 6.54 Å². The lowest BCUT2D eigenvalue weighted by atomic mass is 10.1. The van der Waals surface area contributed by atoms with Crippen LogP contribution in [0.3, 0.4) is 0 Å². The summed E-state index contributed by atoms with van der Waals surface area (Å²) in [4.78, 5) is 12.8. The van der Waals surface area contributed by atoms with Crippen molar-refractivity contribution in [2.45, 2.75) is 25.7 Å². The Balaban J connectivity index is 1.92. The fourth-order valence-corrected chi connectivity index (χ4v) is 4.80. The van der Waals surface area contributed by atoms with E-state index in [4.69, 9.17) is 11.6 Å². The number of carbonyl (C=O) groups is 1. The van der Waals surface area contributed by atoms with Gasteiger partial charge in [-0.25, -0.2) is 13.8 Å². The van der Waals surface area contributed by atoms with Crippen molar-refractivity contribution in [1.29, 1.82) is 0 Å². The number of anilines is 1. The highest BCUT2D eigenvalue weighted by Crippen LogP contribution is 2.29. The van der Waals surface area contributed by atoms with E-state index in [1.807, 2.05) is 37.3 Å². The first-order valence-corrected chi connectivity index (χ1v) is 11.7. The molecule has 8 heteroatoms. The van der Waals surface area contributed by atoms with Gasteiger partial charge in [0.25, 0.3) is 15.9 Å². The van der Waals surface area contributed by atoms with E-state index in [0.717, 1.165) is 15.4 Å². The van der Waals surface area contributed by atoms with Crippen molar-refractivity contribution >= 4 is 38.9 Å². The van der Waals surface area contributed by atoms with Crippen molar-refractivity contribution in [3.63, 3.8) is 0 Å². The summed E-state index contributed by atoms with van der Waals surface area (Å²) in [5.74, 6) is -0.565. The summed E-state index contributed by atoms with van der Waals surface area (Å²) < 4.78 is 28.0. The molecule has 0 bridgehead atoms. The zero-order valence-corrected chi connectivity index (χ0v) is 19.6. The minimum absolute atomic E-state index is 0.0919. The zero-order valence-electron chi connectivity index (χ0n) is 18.0. The highest BCUT2D eigenvalue weighted by molar-refractivity contribution is 7.92. The molecule has 32 heavy (non-hydrogen) atoms. The molecule has 0 heterocycles. The van der Waals surface area contributed by atoms with Gasteiger partial charge in [0, 0.05) is 5.02 Å². The summed E-state index contributed by atoms with van der Waals surface area (Å²) in [6, 6.07) is 20.7. The molecule has 3 rings (SSSR count). The zero-order chi connectivity index (χ0) is 23.3. The molecular formula is C24H24ClN3O3S. The molecule has 1 amide bonds. The number of aryl methyl sites for hydroxylation is 2. The largest absolute Gasteiger partial charge is 0.271 e. The standard InChI is InChI=1S/C24H24ClN3O3S/c1-17-9-12-22(13-10-17)32(30,31)28(23-14-11-21(25)15-18(23)2)16-24(29)27-26-19(3)20-7-5-4-6-8-20/h4-15H,16H2,1-3H3,(H,27,29)/b26-19+. The van der Waals surface area contributed by atoms with Gasteiger partial charge in [-0.2, -0.15) is 5.10 Å². The molecule has 0 spiro atoms. The molecule has 3 aromatic carbocycles. The maximum atomic E-state index is 13.5. The van der Waals surface area contributed by atoms with Gasteiger partial charge in [-0.3, -0.25) is 9.10 Å². The smallest absolute Gasteiger partial charge is 0.264 e. The lowest BCUT2D eigenvalue weighted by Gasteiger charge is -2.25. The number of nitrogens with zero attached hydrogens (tertiary/aromatic N) is 2. The Bertz CT molecular complexity index is 1240. The first-order valence-electron chi connectivity index (χ1n) is 9.92. The van der Waals surface area contributed by atoms with Gasteiger partial charge < -0.3 is 0 Å². The maximum Gasteiger partial charge on any atom is 0.264 e. The number of hydrogen-bond acceptors (Lipinski definition) is 4. The summed E-state index contributed by atoms with van der Waals surface area (Å²) in [7, 11) is -4.01. The Morgan fingerprint density at radius 2 is 1.66 bits per heavy atom. The fourth-order valence-electron chi connectivity index (χ4n) is 3.09. The normalized spacial score (nSPS) is 11.8.